The minimum absolute atomic E-state index is 0.0957. The zero-order valence-corrected chi connectivity index (χ0v) is 15.2. The van der Waals surface area contributed by atoms with Gasteiger partial charge in [0.1, 0.15) is 6.04 Å². The van der Waals surface area contributed by atoms with Crippen LogP contribution in [0.25, 0.3) is 0 Å². The van der Waals surface area contributed by atoms with Crippen molar-refractivity contribution in [1.82, 2.24) is 20.9 Å². The van der Waals surface area contributed by atoms with Crippen molar-refractivity contribution in [2.45, 2.75) is 44.0 Å². The number of fused-ring (bicyclic) bond motifs is 1. The second kappa shape index (κ2) is 7.42. The molecule has 3 aliphatic heterocycles. The van der Waals surface area contributed by atoms with Gasteiger partial charge in [-0.2, -0.15) is 0 Å². The Morgan fingerprint density at radius 2 is 2.00 bits per heavy atom. The predicted octanol–water partition coefficient (Wildman–Crippen LogP) is -1.10. The summed E-state index contributed by atoms with van der Waals surface area (Å²) >= 11 is 0. The summed E-state index contributed by atoms with van der Waals surface area (Å²) in [5, 5.41) is 18.2. The molecule has 0 saturated carbocycles. The number of aliphatic hydroxyl groups is 1. The van der Waals surface area contributed by atoms with E-state index in [1.54, 1.807) is 18.2 Å². The van der Waals surface area contributed by atoms with Gasteiger partial charge in [-0.1, -0.05) is 12.1 Å². The second-order valence-electron chi connectivity index (χ2n) is 7.41. The lowest BCUT2D eigenvalue weighted by Gasteiger charge is -2.27. The van der Waals surface area contributed by atoms with E-state index in [9.17, 15) is 24.3 Å². The Labute approximate surface area is 161 Å². The van der Waals surface area contributed by atoms with Crippen LogP contribution in [0.5, 0.6) is 0 Å². The van der Waals surface area contributed by atoms with Crippen LogP contribution in [-0.2, 0) is 16.1 Å². The van der Waals surface area contributed by atoms with Crippen LogP contribution in [0.15, 0.2) is 18.2 Å². The number of rotatable bonds is 5. The average Bonchev–Trinajstić information content (AvgIpc) is 3.18. The minimum atomic E-state index is -0.963. The molecule has 0 spiro atoms. The number of hydrogen-bond acceptors (Lipinski definition) is 7. The summed E-state index contributed by atoms with van der Waals surface area (Å²) in [4.78, 5) is 50.3. The highest BCUT2D eigenvalue weighted by Gasteiger charge is 2.45. The molecule has 3 heterocycles. The van der Waals surface area contributed by atoms with Crippen molar-refractivity contribution >= 4 is 23.6 Å². The van der Waals surface area contributed by atoms with Crippen LogP contribution < -0.4 is 16.0 Å². The van der Waals surface area contributed by atoms with Crippen LogP contribution in [0.4, 0.5) is 0 Å². The number of β-amino-alcohol motifs (C(OH)–C–C–N with tert-alkyl or cyclic N) is 1. The maximum absolute atomic E-state index is 13.0. The van der Waals surface area contributed by atoms with E-state index in [2.05, 4.69) is 16.0 Å². The summed E-state index contributed by atoms with van der Waals surface area (Å²) in [5.41, 5.74) is 1.27. The van der Waals surface area contributed by atoms with Gasteiger partial charge in [0.05, 0.1) is 17.2 Å². The molecule has 0 bridgehead atoms. The van der Waals surface area contributed by atoms with Crippen molar-refractivity contribution in [2.24, 2.45) is 0 Å². The van der Waals surface area contributed by atoms with E-state index in [1.807, 2.05) is 0 Å². The Balaban J connectivity index is 1.49. The molecular weight excluding hydrogens is 364 g/mol. The van der Waals surface area contributed by atoms with E-state index < -0.39 is 29.7 Å². The fraction of sp³-hybridized carbons (Fsp3) is 0.474. The van der Waals surface area contributed by atoms with Crippen molar-refractivity contribution in [1.29, 1.82) is 0 Å². The van der Waals surface area contributed by atoms with Crippen LogP contribution in [0.3, 0.4) is 0 Å². The van der Waals surface area contributed by atoms with Gasteiger partial charge in [-0.05, 0) is 24.5 Å². The van der Waals surface area contributed by atoms with Crippen LogP contribution in [-0.4, -0.2) is 64.9 Å². The fourth-order valence-electron chi connectivity index (χ4n) is 4.07. The lowest BCUT2D eigenvalue weighted by Crippen LogP contribution is -2.54. The topological polar surface area (TPSA) is 128 Å². The molecule has 1 aromatic carbocycles. The second-order valence-corrected chi connectivity index (χ2v) is 7.41. The number of imide groups is 2. The Morgan fingerprint density at radius 1 is 1.18 bits per heavy atom. The maximum Gasteiger partial charge on any atom is 0.262 e. The zero-order chi connectivity index (χ0) is 19.8. The molecule has 0 radical (unpaired) electrons. The van der Waals surface area contributed by atoms with Gasteiger partial charge in [-0.3, -0.25) is 29.4 Å². The lowest BCUT2D eigenvalue weighted by atomic mass is 10.0. The van der Waals surface area contributed by atoms with Gasteiger partial charge in [0.15, 0.2) is 0 Å². The molecule has 1 aromatic rings. The fourth-order valence-corrected chi connectivity index (χ4v) is 4.07. The van der Waals surface area contributed by atoms with E-state index in [-0.39, 0.29) is 30.6 Å². The number of aliphatic hydroxyl groups excluding tert-OH is 1. The Morgan fingerprint density at radius 3 is 2.71 bits per heavy atom. The Hall–Kier alpha value is -2.62. The monoisotopic (exact) mass is 386 g/mol. The van der Waals surface area contributed by atoms with Crippen molar-refractivity contribution in [3.63, 3.8) is 0 Å². The summed E-state index contributed by atoms with van der Waals surface area (Å²) in [5.74, 6) is -2.01. The van der Waals surface area contributed by atoms with E-state index in [4.69, 9.17) is 0 Å². The van der Waals surface area contributed by atoms with Crippen LogP contribution >= 0.6 is 0 Å². The summed E-state index contributed by atoms with van der Waals surface area (Å²) < 4.78 is 0. The molecule has 9 nitrogen and oxygen atoms in total. The van der Waals surface area contributed by atoms with Crippen LogP contribution in [0, 0.1) is 0 Å². The minimum Gasteiger partial charge on any atom is -0.392 e. The number of nitrogens with zero attached hydrogens (tertiary/aromatic N) is 1. The normalized spacial score (nSPS) is 27.3. The molecule has 4 N–H and O–H groups in total. The van der Waals surface area contributed by atoms with E-state index in [0.717, 1.165) is 4.90 Å². The highest BCUT2D eigenvalue weighted by atomic mass is 16.3. The van der Waals surface area contributed by atoms with Crippen LogP contribution in [0.1, 0.15) is 45.5 Å². The van der Waals surface area contributed by atoms with E-state index >= 15 is 0 Å². The van der Waals surface area contributed by atoms with Crippen molar-refractivity contribution < 1.29 is 24.3 Å². The maximum atomic E-state index is 13.0. The summed E-state index contributed by atoms with van der Waals surface area (Å²) in [6, 6.07) is 4.27. The number of piperidine rings is 1. The first-order valence-electron chi connectivity index (χ1n) is 9.41. The number of carbonyl (C=O) groups is 4. The quantitative estimate of drug-likeness (QED) is 0.473. The summed E-state index contributed by atoms with van der Waals surface area (Å²) in [6.07, 6.45) is 0.562. The molecule has 148 valence electrons. The van der Waals surface area contributed by atoms with Gasteiger partial charge in [-0.25, -0.2) is 0 Å². The molecule has 4 amide bonds. The molecule has 3 atom stereocenters. The van der Waals surface area contributed by atoms with Crippen LogP contribution in [0.2, 0.25) is 0 Å². The average molecular weight is 386 g/mol. The van der Waals surface area contributed by atoms with Gasteiger partial charge < -0.3 is 15.7 Å². The molecule has 0 aliphatic carbocycles. The third-order valence-electron chi connectivity index (χ3n) is 5.46. The van der Waals surface area contributed by atoms with Crippen molar-refractivity contribution in [3.8, 4) is 0 Å². The molecule has 9 heteroatoms. The predicted molar refractivity (Wildman–Crippen MR) is 97.2 cm³/mol. The van der Waals surface area contributed by atoms with E-state index in [1.165, 1.54) is 0 Å². The van der Waals surface area contributed by atoms with Gasteiger partial charge >= 0.3 is 0 Å². The first-order chi connectivity index (χ1) is 13.5. The Bertz CT molecular complexity index is 855. The number of nitrogens with one attached hydrogen (secondary N) is 3. The van der Waals surface area contributed by atoms with Crippen molar-refractivity contribution in [2.75, 3.05) is 13.1 Å². The molecule has 0 aromatic heterocycles. The molecule has 3 aliphatic rings. The highest BCUT2D eigenvalue weighted by Crippen LogP contribution is 2.29. The van der Waals surface area contributed by atoms with Gasteiger partial charge in [0, 0.05) is 32.1 Å². The molecule has 4 rings (SSSR count). The largest absolute Gasteiger partial charge is 0.392 e. The summed E-state index contributed by atoms with van der Waals surface area (Å²) in [6.45, 7) is 1.58. The number of carbonyl (C=O) groups excluding carboxylic acids is 4. The standard InChI is InChI=1S/C19H22N4O5/c24-12-6-11(21-9-12)8-20-7-10-2-1-3-13-16(10)19(28)23(18(13)27)14-4-5-15(25)22-17(14)26/h1-3,11-12,14,20-21,24H,4-9H2,(H,22,25,26)/t11-,12+,14?/m0/s1. The highest BCUT2D eigenvalue weighted by molar-refractivity contribution is 6.24. The van der Waals surface area contributed by atoms with E-state index in [0.29, 0.717) is 37.2 Å². The third-order valence-corrected chi connectivity index (χ3v) is 5.46. The first-order valence-corrected chi connectivity index (χ1v) is 9.41. The first kappa shape index (κ1) is 18.7. The third kappa shape index (κ3) is 3.32. The zero-order valence-electron chi connectivity index (χ0n) is 15.2. The van der Waals surface area contributed by atoms with Gasteiger partial charge in [-0.15, -0.1) is 0 Å². The number of hydrogen-bond donors (Lipinski definition) is 4. The Kier molecular flexibility index (Phi) is 4.96. The molecule has 2 fully saturated rings. The SMILES string of the molecule is O=C1CCC(N2C(=O)c3cccc(CNC[C@@H]4C[C@@H](O)CN4)c3C2=O)C(=O)N1. The smallest absolute Gasteiger partial charge is 0.262 e. The van der Waals surface area contributed by atoms with Gasteiger partial charge in [0.2, 0.25) is 11.8 Å². The molecule has 1 unspecified atom stereocenters. The van der Waals surface area contributed by atoms with Crippen molar-refractivity contribution in [3.05, 3.63) is 34.9 Å². The molecular formula is C19H22N4O5. The lowest BCUT2D eigenvalue weighted by molar-refractivity contribution is -0.136. The molecule has 2 saturated heterocycles. The van der Waals surface area contributed by atoms with Gasteiger partial charge in [0.25, 0.3) is 11.8 Å². The number of benzene rings is 1. The molecule has 28 heavy (non-hydrogen) atoms. The summed E-state index contributed by atoms with van der Waals surface area (Å²) in [7, 11) is 0. The number of amides is 4.